The van der Waals surface area contributed by atoms with Crippen molar-refractivity contribution in [1.82, 2.24) is 4.72 Å². The third-order valence-electron chi connectivity index (χ3n) is 3.82. The summed E-state index contributed by atoms with van der Waals surface area (Å²) < 4.78 is 55.8. The minimum atomic E-state index is -3.72. The van der Waals surface area contributed by atoms with E-state index in [1.165, 1.54) is 25.3 Å². The van der Waals surface area contributed by atoms with Gasteiger partial charge < -0.3 is 4.74 Å². The molecular weight excluding hydrogens is 362 g/mol. The number of aryl methyl sites for hydroxylation is 1. The lowest BCUT2D eigenvalue weighted by Crippen LogP contribution is -2.27. The first-order valence-electron chi connectivity index (χ1n) is 7.51. The van der Waals surface area contributed by atoms with Gasteiger partial charge in [0.05, 0.1) is 16.9 Å². The summed E-state index contributed by atoms with van der Waals surface area (Å²) in [6, 6.07) is 10.2. The first-order chi connectivity index (χ1) is 11.5. The van der Waals surface area contributed by atoms with Crippen LogP contribution in [0.25, 0.3) is 0 Å². The highest BCUT2D eigenvalue weighted by atomic mass is 32.2. The quantitative estimate of drug-likeness (QED) is 0.827. The van der Waals surface area contributed by atoms with Crippen molar-refractivity contribution >= 4 is 19.9 Å². The summed E-state index contributed by atoms with van der Waals surface area (Å²) in [4.78, 5) is 0.336. The van der Waals surface area contributed by atoms with Crippen LogP contribution < -0.4 is 9.46 Å². The van der Waals surface area contributed by atoms with Gasteiger partial charge in [-0.3, -0.25) is 0 Å². The zero-order chi connectivity index (χ0) is 18.8. The maximum atomic E-state index is 12.5. The van der Waals surface area contributed by atoms with E-state index < -0.39 is 25.9 Å². The highest BCUT2D eigenvalue weighted by molar-refractivity contribution is 7.90. The van der Waals surface area contributed by atoms with Crippen LogP contribution in [0.15, 0.2) is 52.3 Å². The Morgan fingerprint density at radius 1 is 0.960 bits per heavy atom. The lowest BCUT2D eigenvalue weighted by atomic mass is 10.1. The van der Waals surface area contributed by atoms with Crippen LogP contribution in [0.5, 0.6) is 5.75 Å². The second-order valence-corrected chi connectivity index (χ2v) is 9.55. The number of hydrogen-bond acceptors (Lipinski definition) is 5. The van der Waals surface area contributed by atoms with Gasteiger partial charge in [0.15, 0.2) is 9.84 Å². The van der Waals surface area contributed by atoms with Crippen molar-refractivity contribution in [2.75, 3.05) is 13.4 Å². The zero-order valence-electron chi connectivity index (χ0n) is 14.5. The lowest BCUT2D eigenvalue weighted by Gasteiger charge is -2.16. The Bertz CT molecular complexity index is 965. The molecule has 2 aromatic rings. The summed E-state index contributed by atoms with van der Waals surface area (Å²) in [6.07, 6.45) is 1.13. The molecule has 1 unspecified atom stereocenters. The number of benzene rings is 2. The van der Waals surface area contributed by atoms with Crippen molar-refractivity contribution in [3.05, 3.63) is 53.6 Å². The van der Waals surface area contributed by atoms with Crippen molar-refractivity contribution in [3.8, 4) is 5.75 Å². The molecule has 1 N–H and O–H groups in total. The highest BCUT2D eigenvalue weighted by Crippen LogP contribution is 2.23. The summed E-state index contributed by atoms with van der Waals surface area (Å²) in [5, 5.41) is 0. The number of sulfonamides is 1. The van der Waals surface area contributed by atoms with E-state index in [0.29, 0.717) is 11.3 Å². The molecule has 136 valence electrons. The topological polar surface area (TPSA) is 89.5 Å². The van der Waals surface area contributed by atoms with E-state index >= 15 is 0 Å². The van der Waals surface area contributed by atoms with E-state index in [9.17, 15) is 16.8 Å². The smallest absolute Gasteiger partial charge is 0.241 e. The van der Waals surface area contributed by atoms with Crippen LogP contribution in [0.4, 0.5) is 0 Å². The molecule has 0 saturated carbocycles. The molecule has 0 saturated heterocycles. The number of methoxy groups -OCH3 is 1. The Morgan fingerprint density at radius 2 is 1.52 bits per heavy atom. The molecule has 0 heterocycles. The van der Waals surface area contributed by atoms with Crippen LogP contribution >= 0.6 is 0 Å². The Morgan fingerprint density at radius 3 is 2.00 bits per heavy atom. The van der Waals surface area contributed by atoms with Crippen molar-refractivity contribution in [3.63, 3.8) is 0 Å². The van der Waals surface area contributed by atoms with E-state index in [2.05, 4.69) is 4.72 Å². The number of nitrogens with one attached hydrogen (secondary N) is 1. The van der Waals surface area contributed by atoms with Crippen molar-refractivity contribution in [1.29, 1.82) is 0 Å². The molecule has 0 radical (unpaired) electrons. The Hall–Kier alpha value is -1.90. The molecule has 8 heteroatoms. The summed E-state index contributed by atoms with van der Waals surface area (Å²) in [5.74, 6) is 0.614. The minimum absolute atomic E-state index is 0.144. The predicted octanol–water partition coefficient (Wildman–Crippen LogP) is 2.45. The zero-order valence-corrected chi connectivity index (χ0v) is 16.1. The number of hydrogen-bond donors (Lipinski definition) is 1. The van der Waals surface area contributed by atoms with Crippen LogP contribution in [0.2, 0.25) is 0 Å². The molecule has 0 aromatic heterocycles. The first-order valence-corrected chi connectivity index (χ1v) is 10.9. The van der Waals surface area contributed by atoms with E-state index in [4.69, 9.17) is 4.74 Å². The highest BCUT2D eigenvalue weighted by Gasteiger charge is 2.19. The van der Waals surface area contributed by atoms with Gasteiger partial charge in [-0.15, -0.1) is 0 Å². The third kappa shape index (κ3) is 4.59. The van der Waals surface area contributed by atoms with Gasteiger partial charge in [0.2, 0.25) is 10.0 Å². The summed E-state index contributed by atoms with van der Waals surface area (Å²) in [5.41, 5.74) is 1.39. The van der Waals surface area contributed by atoms with Crippen LogP contribution in [-0.2, 0) is 19.9 Å². The van der Waals surface area contributed by atoms with E-state index in [1.54, 1.807) is 38.1 Å². The van der Waals surface area contributed by atoms with Gasteiger partial charge >= 0.3 is 0 Å². The Balaban J connectivity index is 2.24. The molecule has 0 amide bonds. The Kier molecular flexibility index (Phi) is 5.55. The molecule has 6 nitrogen and oxygen atoms in total. The number of ether oxygens (including phenoxy) is 1. The lowest BCUT2D eigenvalue weighted by molar-refractivity contribution is 0.411. The molecule has 0 spiro atoms. The molecule has 2 rings (SSSR count). The van der Waals surface area contributed by atoms with Crippen molar-refractivity contribution < 1.29 is 21.6 Å². The third-order valence-corrected chi connectivity index (χ3v) is 6.48. The molecular formula is C17H21NO5S2. The Labute approximate surface area is 148 Å². The van der Waals surface area contributed by atoms with Gasteiger partial charge in [0, 0.05) is 12.3 Å². The maximum absolute atomic E-state index is 12.5. The summed E-state index contributed by atoms with van der Waals surface area (Å²) >= 11 is 0. The molecule has 0 fully saturated rings. The molecule has 2 aromatic carbocycles. The van der Waals surface area contributed by atoms with Crippen LogP contribution in [0.1, 0.15) is 24.1 Å². The second-order valence-electron chi connectivity index (χ2n) is 5.82. The number of rotatable bonds is 6. The number of sulfone groups is 1. The van der Waals surface area contributed by atoms with Crippen LogP contribution in [0.3, 0.4) is 0 Å². The fourth-order valence-electron chi connectivity index (χ4n) is 2.39. The molecule has 0 aliphatic carbocycles. The standard InChI is InChI=1S/C17H21NO5S2/c1-12-11-16(9-10-17(12)23-3)25(21,22)18-13(2)14-5-7-15(8-6-14)24(4,19)20/h5-11,13,18H,1-4H3. The van der Waals surface area contributed by atoms with Crippen LogP contribution in [-0.4, -0.2) is 30.2 Å². The first kappa shape index (κ1) is 19.4. The van der Waals surface area contributed by atoms with E-state index in [1.807, 2.05) is 0 Å². The van der Waals surface area contributed by atoms with Crippen molar-refractivity contribution in [2.24, 2.45) is 0 Å². The van der Waals surface area contributed by atoms with Crippen molar-refractivity contribution in [2.45, 2.75) is 29.7 Å². The second kappa shape index (κ2) is 7.15. The van der Waals surface area contributed by atoms with Crippen LogP contribution in [0, 0.1) is 6.92 Å². The normalized spacial score (nSPS) is 13.4. The van der Waals surface area contributed by atoms with Gasteiger partial charge in [-0.2, -0.15) is 0 Å². The van der Waals surface area contributed by atoms with Gasteiger partial charge in [-0.05, 0) is 55.3 Å². The fourth-order valence-corrected chi connectivity index (χ4v) is 4.34. The SMILES string of the molecule is COc1ccc(S(=O)(=O)NC(C)c2ccc(S(C)(=O)=O)cc2)cc1C. The minimum Gasteiger partial charge on any atom is -0.496 e. The molecule has 1 atom stereocenters. The predicted molar refractivity (Wildman–Crippen MR) is 96.0 cm³/mol. The largest absolute Gasteiger partial charge is 0.496 e. The maximum Gasteiger partial charge on any atom is 0.241 e. The molecule has 0 bridgehead atoms. The van der Waals surface area contributed by atoms with Gasteiger partial charge in [-0.1, -0.05) is 12.1 Å². The van der Waals surface area contributed by atoms with E-state index in [0.717, 1.165) is 11.8 Å². The average Bonchev–Trinajstić information content (AvgIpc) is 2.53. The van der Waals surface area contributed by atoms with Gasteiger partial charge in [0.1, 0.15) is 5.75 Å². The molecule has 0 aliphatic heterocycles. The van der Waals surface area contributed by atoms with Gasteiger partial charge in [0.25, 0.3) is 0 Å². The summed E-state index contributed by atoms with van der Waals surface area (Å²) in [7, 11) is -5.48. The van der Waals surface area contributed by atoms with E-state index in [-0.39, 0.29) is 9.79 Å². The molecule has 0 aliphatic rings. The van der Waals surface area contributed by atoms with Gasteiger partial charge in [-0.25, -0.2) is 21.6 Å². The average molecular weight is 383 g/mol. The monoisotopic (exact) mass is 383 g/mol. The fraction of sp³-hybridized carbons (Fsp3) is 0.294. The molecule has 25 heavy (non-hydrogen) atoms. The summed E-state index contributed by atoms with van der Waals surface area (Å²) in [6.45, 7) is 3.47.